The highest BCUT2D eigenvalue weighted by atomic mass is 19.1. The van der Waals surface area contributed by atoms with Crippen LogP contribution < -0.4 is 4.74 Å². The SMILES string of the molecule is Fc1ccc2ncn(-c3ncc4nc(-c5ccncc5)n([C@@H]5CCOc6c(F)cccc65)c4n3)c2c1. The Labute approximate surface area is 202 Å². The van der Waals surface area contributed by atoms with Crippen molar-refractivity contribution in [2.75, 3.05) is 6.61 Å². The summed E-state index contributed by atoms with van der Waals surface area (Å²) >= 11 is 0. The molecule has 7 rings (SSSR count). The number of pyridine rings is 1. The standard InChI is InChI=1S/C26H17F2N7O/c27-16-4-5-19-22(12-16)34(14-31-19)26-30-13-20-25(33-26)35(24(32-20)15-6-9-29-10-7-15)21-8-11-36-23-17(21)2-1-3-18(23)28/h1-7,9-10,12-14,21H,8,11H2/t21-/m1/s1. The van der Waals surface area contributed by atoms with Gasteiger partial charge < -0.3 is 9.30 Å². The van der Waals surface area contributed by atoms with E-state index in [4.69, 9.17) is 14.7 Å². The van der Waals surface area contributed by atoms with Crippen molar-refractivity contribution in [3.8, 4) is 23.1 Å². The molecule has 10 heteroatoms. The quantitative estimate of drug-likeness (QED) is 0.358. The molecule has 0 fully saturated rings. The van der Waals surface area contributed by atoms with E-state index in [0.717, 1.165) is 5.56 Å². The summed E-state index contributed by atoms with van der Waals surface area (Å²) in [6, 6.07) is 12.7. The van der Waals surface area contributed by atoms with Gasteiger partial charge in [-0.25, -0.2) is 23.7 Å². The van der Waals surface area contributed by atoms with Crippen molar-refractivity contribution >= 4 is 22.2 Å². The molecule has 5 heterocycles. The molecule has 2 aromatic carbocycles. The molecule has 1 aliphatic heterocycles. The van der Waals surface area contributed by atoms with E-state index in [2.05, 4.69) is 15.0 Å². The molecule has 0 aliphatic carbocycles. The second kappa shape index (κ2) is 7.91. The molecule has 1 atom stereocenters. The summed E-state index contributed by atoms with van der Waals surface area (Å²) in [5.41, 5.74) is 3.86. The maximum atomic E-state index is 14.6. The molecule has 0 saturated carbocycles. The summed E-state index contributed by atoms with van der Waals surface area (Å²) in [6.07, 6.45) is 7.18. The van der Waals surface area contributed by atoms with Gasteiger partial charge in [-0.2, -0.15) is 4.98 Å². The Hall–Kier alpha value is -4.73. The van der Waals surface area contributed by atoms with Crippen LogP contribution in [0.4, 0.5) is 8.78 Å². The first-order valence-corrected chi connectivity index (χ1v) is 11.4. The first-order valence-electron chi connectivity index (χ1n) is 11.4. The number of rotatable bonds is 3. The minimum Gasteiger partial charge on any atom is -0.490 e. The van der Waals surface area contributed by atoms with Crippen LogP contribution in [-0.4, -0.2) is 40.7 Å². The largest absolute Gasteiger partial charge is 0.490 e. The van der Waals surface area contributed by atoms with Gasteiger partial charge in [0, 0.05) is 36.0 Å². The van der Waals surface area contributed by atoms with E-state index in [1.165, 1.54) is 18.2 Å². The zero-order valence-electron chi connectivity index (χ0n) is 18.7. The van der Waals surface area contributed by atoms with E-state index in [0.29, 0.717) is 52.6 Å². The van der Waals surface area contributed by atoms with Crippen molar-refractivity contribution in [1.29, 1.82) is 0 Å². The van der Waals surface area contributed by atoms with E-state index >= 15 is 0 Å². The number of benzene rings is 2. The van der Waals surface area contributed by atoms with Crippen LogP contribution in [-0.2, 0) is 0 Å². The molecule has 8 nitrogen and oxygen atoms in total. The highest BCUT2D eigenvalue weighted by molar-refractivity contribution is 5.79. The minimum absolute atomic E-state index is 0.238. The highest BCUT2D eigenvalue weighted by Gasteiger charge is 2.30. The monoisotopic (exact) mass is 481 g/mol. The first kappa shape index (κ1) is 20.6. The fourth-order valence-corrected chi connectivity index (χ4v) is 4.77. The molecule has 0 radical (unpaired) electrons. The summed E-state index contributed by atoms with van der Waals surface area (Å²) in [5.74, 6) is 0.430. The van der Waals surface area contributed by atoms with Crippen molar-refractivity contribution in [3.05, 3.63) is 90.6 Å². The van der Waals surface area contributed by atoms with Crippen molar-refractivity contribution in [3.63, 3.8) is 0 Å². The molecule has 1 aliphatic rings. The first-order chi connectivity index (χ1) is 17.7. The van der Waals surface area contributed by atoms with Crippen LogP contribution in [0.2, 0.25) is 0 Å². The lowest BCUT2D eigenvalue weighted by Crippen LogP contribution is -2.22. The number of halogens is 2. The topological polar surface area (TPSA) is 83.5 Å². The van der Waals surface area contributed by atoms with E-state index in [-0.39, 0.29) is 17.6 Å². The summed E-state index contributed by atoms with van der Waals surface area (Å²) < 4.78 is 37.9. The zero-order chi connectivity index (χ0) is 24.2. The van der Waals surface area contributed by atoms with Gasteiger partial charge in [-0.3, -0.25) is 9.55 Å². The van der Waals surface area contributed by atoms with E-state index < -0.39 is 5.82 Å². The van der Waals surface area contributed by atoms with Crippen LogP contribution in [0, 0.1) is 11.6 Å². The number of hydrogen-bond donors (Lipinski definition) is 0. The molecule has 0 spiro atoms. The fraction of sp³-hybridized carbons (Fsp3) is 0.115. The third-order valence-electron chi connectivity index (χ3n) is 6.39. The lowest BCUT2D eigenvalue weighted by atomic mass is 9.99. The summed E-state index contributed by atoms with van der Waals surface area (Å²) in [5, 5.41) is 0. The summed E-state index contributed by atoms with van der Waals surface area (Å²) in [4.78, 5) is 22.7. The number of fused-ring (bicyclic) bond motifs is 3. The van der Waals surface area contributed by atoms with Crippen molar-refractivity contribution in [1.82, 2.24) is 34.1 Å². The van der Waals surface area contributed by atoms with Gasteiger partial charge in [0.05, 0.1) is 29.9 Å². The molecule has 6 aromatic rings. The maximum Gasteiger partial charge on any atom is 0.237 e. The van der Waals surface area contributed by atoms with Crippen LogP contribution in [0.1, 0.15) is 18.0 Å². The van der Waals surface area contributed by atoms with Crippen LogP contribution in [0.15, 0.2) is 73.4 Å². The van der Waals surface area contributed by atoms with Crippen LogP contribution in [0.3, 0.4) is 0 Å². The number of para-hydroxylation sites is 1. The maximum absolute atomic E-state index is 14.6. The van der Waals surface area contributed by atoms with Crippen molar-refractivity contribution < 1.29 is 13.5 Å². The number of aromatic nitrogens is 7. The Kier molecular flexibility index (Phi) is 4.53. The van der Waals surface area contributed by atoms with Crippen LogP contribution >= 0.6 is 0 Å². The molecular formula is C26H17F2N7O. The number of ether oxygens (including phenoxy) is 1. The molecular weight excluding hydrogens is 464 g/mol. The molecule has 0 unspecified atom stereocenters. The average Bonchev–Trinajstić information content (AvgIpc) is 3.50. The lowest BCUT2D eigenvalue weighted by molar-refractivity contribution is 0.246. The minimum atomic E-state index is -0.408. The van der Waals surface area contributed by atoms with Crippen molar-refractivity contribution in [2.24, 2.45) is 0 Å². The number of nitrogens with zero attached hydrogens (tertiary/aromatic N) is 7. The van der Waals surface area contributed by atoms with Gasteiger partial charge in [-0.1, -0.05) is 12.1 Å². The van der Waals surface area contributed by atoms with Gasteiger partial charge in [0.2, 0.25) is 5.95 Å². The highest BCUT2D eigenvalue weighted by Crippen LogP contribution is 2.40. The average molecular weight is 481 g/mol. The van der Waals surface area contributed by atoms with Crippen LogP contribution in [0.5, 0.6) is 5.75 Å². The molecule has 0 bridgehead atoms. The predicted molar refractivity (Wildman–Crippen MR) is 128 cm³/mol. The van der Waals surface area contributed by atoms with Gasteiger partial charge in [0.1, 0.15) is 23.5 Å². The molecule has 0 N–H and O–H groups in total. The van der Waals surface area contributed by atoms with Gasteiger partial charge in [0.15, 0.2) is 17.2 Å². The molecule has 36 heavy (non-hydrogen) atoms. The lowest BCUT2D eigenvalue weighted by Gasteiger charge is -2.28. The van der Waals surface area contributed by atoms with Gasteiger partial charge in [0.25, 0.3) is 0 Å². The third kappa shape index (κ3) is 3.14. The molecule has 4 aromatic heterocycles. The zero-order valence-corrected chi connectivity index (χ0v) is 18.7. The summed E-state index contributed by atoms with van der Waals surface area (Å²) in [6.45, 7) is 0.345. The Morgan fingerprint density at radius 1 is 0.944 bits per heavy atom. The molecule has 0 amide bonds. The molecule has 176 valence electrons. The molecule has 0 saturated heterocycles. The van der Waals surface area contributed by atoms with E-state index in [9.17, 15) is 8.78 Å². The van der Waals surface area contributed by atoms with Gasteiger partial charge in [-0.15, -0.1) is 0 Å². The second-order valence-corrected chi connectivity index (χ2v) is 8.48. The van der Waals surface area contributed by atoms with Gasteiger partial charge >= 0.3 is 0 Å². The Morgan fingerprint density at radius 3 is 2.72 bits per heavy atom. The van der Waals surface area contributed by atoms with Gasteiger partial charge in [-0.05, 0) is 30.3 Å². The second-order valence-electron chi connectivity index (χ2n) is 8.48. The normalized spacial score (nSPS) is 15.2. The summed E-state index contributed by atoms with van der Waals surface area (Å²) in [7, 11) is 0. The van der Waals surface area contributed by atoms with Crippen molar-refractivity contribution in [2.45, 2.75) is 12.5 Å². The Bertz CT molecular complexity index is 1760. The number of imidazole rings is 2. The Morgan fingerprint density at radius 2 is 1.83 bits per heavy atom. The Balaban J connectivity index is 1.49. The van der Waals surface area contributed by atoms with E-state index in [1.807, 2.05) is 22.8 Å². The predicted octanol–water partition coefficient (Wildman–Crippen LogP) is 4.88. The fourth-order valence-electron chi connectivity index (χ4n) is 4.77. The third-order valence-corrected chi connectivity index (χ3v) is 6.39. The number of hydrogen-bond acceptors (Lipinski definition) is 6. The van der Waals surface area contributed by atoms with E-state index in [1.54, 1.807) is 41.6 Å². The van der Waals surface area contributed by atoms with Crippen LogP contribution in [0.25, 0.3) is 39.5 Å². The smallest absolute Gasteiger partial charge is 0.237 e.